The summed E-state index contributed by atoms with van der Waals surface area (Å²) in [7, 11) is -6.68. The molecule has 0 radical (unpaired) electrons. The van der Waals surface area contributed by atoms with Crippen LogP contribution in [0.4, 0.5) is 0 Å². The Morgan fingerprint density at radius 3 is 0.970 bits per heavy atom. The molecular weight excluding hydrogens is 857 g/mol. The summed E-state index contributed by atoms with van der Waals surface area (Å²) in [5.74, 6) is 0. The molecule has 7 heteroatoms. The van der Waals surface area contributed by atoms with E-state index in [9.17, 15) is 0 Å². The van der Waals surface area contributed by atoms with Crippen molar-refractivity contribution in [2.75, 3.05) is 0 Å². The van der Waals surface area contributed by atoms with E-state index in [-0.39, 0.29) is 0 Å². The third kappa shape index (κ3) is 6.02. The maximum atomic E-state index is 15.9. The summed E-state index contributed by atoms with van der Waals surface area (Å²) in [4.78, 5) is 3.70. The predicted molar refractivity (Wildman–Crippen MR) is 283 cm³/mol. The Morgan fingerprint density at radius 2 is 0.597 bits per heavy atom. The van der Waals surface area contributed by atoms with Gasteiger partial charge in [0.05, 0.1) is 22.1 Å². The fourth-order valence-corrected chi connectivity index (χ4v) is 15.8. The van der Waals surface area contributed by atoms with Gasteiger partial charge in [-0.1, -0.05) is 158 Å². The van der Waals surface area contributed by atoms with E-state index in [2.05, 4.69) is 123 Å². The second-order valence-electron chi connectivity index (χ2n) is 17.3. The highest BCUT2D eigenvalue weighted by atomic mass is 31.2. The predicted octanol–water partition coefficient (Wildman–Crippen LogP) is 12.8. The Kier molecular flexibility index (Phi) is 9.02. The molecule has 1 N–H and O–H groups in total. The first kappa shape index (κ1) is 39.4. The average Bonchev–Trinajstić information content (AvgIpc) is 4.06. The lowest BCUT2D eigenvalue weighted by Crippen LogP contribution is -2.25. The summed E-state index contributed by atoms with van der Waals surface area (Å²) < 4.78 is 36.5. The van der Waals surface area contributed by atoms with Crippen molar-refractivity contribution in [3.8, 4) is 11.4 Å². The normalized spacial score (nSPS) is 12.3. The minimum absolute atomic E-state index is 0.737. The molecule has 0 saturated carbocycles. The van der Waals surface area contributed by atoms with E-state index in [4.69, 9.17) is 0 Å². The van der Waals surface area contributed by atoms with Gasteiger partial charge in [-0.05, 0) is 84.9 Å². The van der Waals surface area contributed by atoms with E-state index in [1.165, 1.54) is 21.8 Å². The van der Waals surface area contributed by atoms with Gasteiger partial charge in [0.15, 0.2) is 14.3 Å². The molecule has 0 aliphatic carbocycles. The molecule has 0 atom stereocenters. The summed E-state index contributed by atoms with van der Waals surface area (Å²) in [6.45, 7) is 0. The highest BCUT2D eigenvalue weighted by molar-refractivity contribution is 7.85. The fourth-order valence-electron chi connectivity index (χ4n) is 10.5. The van der Waals surface area contributed by atoms with Gasteiger partial charge in [-0.3, -0.25) is 0 Å². The van der Waals surface area contributed by atoms with E-state index in [1.807, 2.05) is 133 Å². The van der Waals surface area contributed by atoms with Gasteiger partial charge in [0.25, 0.3) is 0 Å². The van der Waals surface area contributed by atoms with Crippen LogP contribution in [0.5, 0.6) is 0 Å². The van der Waals surface area contributed by atoms with Gasteiger partial charge >= 0.3 is 0 Å². The van der Waals surface area contributed by atoms with Crippen LogP contribution in [0, 0.1) is 0 Å². The summed E-state index contributed by atoms with van der Waals surface area (Å²) in [6.07, 6.45) is 0. The number of para-hydroxylation sites is 2. The smallest absolute Gasteiger partial charge is 0.171 e. The average molecular weight is 898 g/mol. The van der Waals surface area contributed by atoms with E-state index in [0.29, 0.717) is 0 Å². The molecular formula is C60H41N3O2P2. The molecule has 0 unspecified atom stereocenters. The molecule has 5 nitrogen and oxygen atoms in total. The number of H-pyrrole nitrogens is 1. The minimum atomic E-state index is -3.34. The third-order valence-corrected chi connectivity index (χ3v) is 19.7. The number of hydrogen-bond donors (Lipinski definition) is 1. The first-order valence-corrected chi connectivity index (χ1v) is 26.0. The summed E-state index contributed by atoms with van der Waals surface area (Å²) in [5.41, 5.74) is 8.44. The molecule has 0 fully saturated rings. The number of aromatic amines is 1. The van der Waals surface area contributed by atoms with Crippen LogP contribution in [-0.2, 0) is 9.13 Å². The van der Waals surface area contributed by atoms with Crippen LogP contribution in [0.3, 0.4) is 0 Å². The highest BCUT2D eigenvalue weighted by Crippen LogP contribution is 2.47. The summed E-state index contributed by atoms with van der Waals surface area (Å²) in [5, 5.41) is 11.1. The Hall–Kier alpha value is -7.94. The maximum Gasteiger partial charge on any atom is 0.171 e. The van der Waals surface area contributed by atoms with Crippen LogP contribution in [-0.4, -0.2) is 14.1 Å². The molecule has 10 aromatic carbocycles. The lowest BCUT2D eigenvalue weighted by atomic mass is 10.1. The van der Waals surface area contributed by atoms with Crippen LogP contribution in [0.1, 0.15) is 0 Å². The molecule has 13 rings (SSSR count). The van der Waals surface area contributed by atoms with Gasteiger partial charge < -0.3 is 23.2 Å². The lowest BCUT2D eigenvalue weighted by Gasteiger charge is -2.20. The van der Waals surface area contributed by atoms with Crippen molar-refractivity contribution < 1.29 is 9.13 Å². The second kappa shape index (κ2) is 15.3. The third-order valence-electron chi connectivity index (χ3n) is 13.6. The molecule has 3 heterocycles. The molecule has 67 heavy (non-hydrogen) atoms. The Morgan fingerprint density at radius 1 is 0.269 bits per heavy atom. The molecule has 0 aliphatic heterocycles. The quantitative estimate of drug-likeness (QED) is 0.155. The number of hydrogen-bond acceptors (Lipinski definition) is 2. The zero-order valence-corrected chi connectivity index (χ0v) is 38.0. The zero-order chi connectivity index (χ0) is 44.7. The van der Waals surface area contributed by atoms with E-state index in [1.54, 1.807) is 0 Å². The van der Waals surface area contributed by atoms with Crippen molar-refractivity contribution in [2.45, 2.75) is 0 Å². The molecule has 0 spiro atoms. The molecule has 13 aromatic rings. The standard InChI is InChI=1S/C60H41N3O2P2/c64-66(43-17-5-1-6-18-43,44-19-7-2-8-20-44)47-31-35-59-53(39-47)54-40-48(67(65,45-21-9-3-10-22-45)46-23-11-4-12-24-46)32-36-60(54)63(59)42-30-34-56-52(38-42)51-37-41(29-33-55(51)61-56)62-57-27-15-13-25-49(57)50-26-14-16-28-58(50)62/h1-40,61H. The Bertz CT molecular complexity index is 3860. The van der Waals surface area contributed by atoms with Crippen LogP contribution in [0.2, 0.25) is 0 Å². The summed E-state index contributed by atoms with van der Waals surface area (Å²) in [6, 6.07) is 82.4. The van der Waals surface area contributed by atoms with Gasteiger partial charge in [-0.25, -0.2) is 0 Å². The van der Waals surface area contributed by atoms with Gasteiger partial charge in [0, 0.05) is 86.6 Å². The van der Waals surface area contributed by atoms with Crippen molar-refractivity contribution in [3.63, 3.8) is 0 Å². The van der Waals surface area contributed by atoms with Crippen molar-refractivity contribution in [2.24, 2.45) is 0 Å². The van der Waals surface area contributed by atoms with Crippen molar-refractivity contribution >= 4 is 112 Å². The number of fused-ring (bicyclic) bond motifs is 9. The van der Waals surface area contributed by atoms with Gasteiger partial charge in [-0.15, -0.1) is 0 Å². The van der Waals surface area contributed by atoms with Crippen LogP contribution >= 0.6 is 14.3 Å². The second-order valence-corrected chi connectivity index (χ2v) is 22.8. The van der Waals surface area contributed by atoms with Gasteiger partial charge in [0.2, 0.25) is 0 Å². The van der Waals surface area contributed by atoms with E-state index in [0.717, 1.165) is 86.8 Å². The first-order chi connectivity index (χ1) is 33.0. The maximum absolute atomic E-state index is 15.9. The fraction of sp³-hybridized carbons (Fsp3) is 0. The number of nitrogens with zero attached hydrogens (tertiary/aromatic N) is 2. The topological polar surface area (TPSA) is 59.8 Å². The van der Waals surface area contributed by atoms with E-state index >= 15 is 9.13 Å². The molecule has 318 valence electrons. The number of nitrogens with one attached hydrogen (secondary N) is 1. The number of benzene rings is 10. The molecule has 3 aromatic heterocycles. The Balaban J connectivity index is 1.06. The van der Waals surface area contributed by atoms with Crippen LogP contribution in [0.25, 0.3) is 76.8 Å². The van der Waals surface area contributed by atoms with E-state index < -0.39 is 14.3 Å². The number of aromatic nitrogens is 3. The van der Waals surface area contributed by atoms with Gasteiger partial charge in [-0.2, -0.15) is 0 Å². The van der Waals surface area contributed by atoms with Crippen LogP contribution in [0.15, 0.2) is 243 Å². The highest BCUT2D eigenvalue weighted by Gasteiger charge is 2.33. The van der Waals surface area contributed by atoms with Crippen molar-refractivity contribution in [1.82, 2.24) is 14.1 Å². The first-order valence-electron chi connectivity index (χ1n) is 22.5. The number of rotatable bonds is 8. The molecule has 0 bridgehead atoms. The zero-order valence-electron chi connectivity index (χ0n) is 36.2. The molecule has 0 amide bonds. The SMILES string of the molecule is O=P(c1ccccc1)(c1ccccc1)c1ccc2c(c1)c1cc(P(=O)(c3ccccc3)c3ccccc3)ccc1n2-c1ccc2[nH]c3ccc(-n4c5ccccc5c5ccccc54)cc3c2c1. The Labute approximate surface area is 386 Å². The lowest BCUT2D eigenvalue weighted by molar-refractivity contribution is 0.591. The summed E-state index contributed by atoms with van der Waals surface area (Å²) >= 11 is 0. The molecule has 0 saturated heterocycles. The molecule has 0 aliphatic rings. The monoisotopic (exact) mass is 897 g/mol. The van der Waals surface area contributed by atoms with Crippen LogP contribution < -0.4 is 31.8 Å². The largest absolute Gasteiger partial charge is 0.355 e. The van der Waals surface area contributed by atoms with Crippen molar-refractivity contribution in [1.29, 1.82) is 0 Å². The minimum Gasteiger partial charge on any atom is -0.355 e. The van der Waals surface area contributed by atoms with Gasteiger partial charge in [0.1, 0.15) is 0 Å². The van der Waals surface area contributed by atoms with Crippen molar-refractivity contribution in [3.05, 3.63) is 243 Å².